The Morgan fingerprint density at radius 2 is 1.77 bits per heavy atom. The molecule has 0 radical (unpaired) electrons. The number of aliphatic hydroxyl groups is 4. The topological polar surface area (TPSA) is 109 Å². The summed E-state index contributed by atoms with van der Waals surface area (Å²) in [5.41, 5.74) is 2.47. The highest BCUT2D eigenvalue weighted by Crippen LogP contribution is 2.34. The third-order valence-corrected chi connectivity index (χ3v) is 6.17. The van der Waals surface area contributed by atoms with E-state index in [0.717, 1.165) is 29.9 Å². The fraction of sp³-hybridized carbons (Fsp3) is 0.478. The Morgan fingerprint density at radius 1 is 1.00 bits per heavy atom. The van der Waals surface area contributed by atoms with Gasteiger partial charge in [-0.15, -0.1) is 0 Å². The predicted molar refractivity (Wildman–Crippen MR) is 113 cm³/mol. The summed E-state index contributed by atoms with van der Waals surface area (Å²) in [6, 6.07) is 13.0. The lowest BCUT2D eigenvalue weighted by Crippen LogP contribution is -2.55. The van der Waals surface area contributed by atoms with Crippen molar-refractivity contribution in [2.45, 2.75) is 49.5 Å². The molecule has 6 atom stereocenters. The Labute approximate surface area is 185 Å². The van der Waals surface area contributed by atoms with Crippen LogP contribution in [0.5, 0.6) is 5.75 Å². The lowest BCUT2D eigenvalue weighted by molar-refractivity contribution is -0.231. The molecule has 0 spiro atoms. The number of benzene rings is 2. The van der Waals surface area contributed by atoms with Crippen molar-refractivity contribution in [3.63, 3.8) is 0 Å². The van der Waals surface area contributed by atoms with Crippen LogP contribution < -0.4 is 4.74 Å². The van der Waals surface area contributed by atoms with Gasteiger partial charge in [0.1, 0.15) is 42.4 Å². The zero-order chi connectivity index (χ0) is 22.0. The number of hydrogen-bond acceptors (Lipinski definition) is 7. The summed E-state index contributed by atoms with van der Waals surface area (Å²) in [6.45, 7) is 0.872. The van der Waals surface area contributed by atoms with E-state index in [-0.39, 0.29) is 6.10 Å². The van der Waals surface area contributed by atoms with Crippen molar-refractivity contribution in [1.29, 1.82) is 0 Å². The van der Waals surface area contributed by atoms with Crippen molar-refractivity contribution < 1.29 is 34.6 Å². The van der Waals surface area contributed by atoms with Gasteiger partial charge in [0.25, 0.3) is 0 Å². The summed E-state index contributed by atoms with van der Waals surface area (Å²) in [7, 11) is 0. The third-order valence-electron chi connectivity index (χ3n) is 5.80. The highest BCUT2D eigenvalue weighted by molar-refractivity contribution is 6.31. The maximum absolute atomic E-state index is 10.4. The molecule has 0 bridgehead atoms. The lowest BCUT2D eigenvalue weighted by atomic mass is 9.90. The van der Waals surface area contributed by atoms with Crippen molar-refractivity contribution in [3.05, 3.63) is 64.2 Å². The van der Waals surface area contributed by atoms with E-state index in [4.69, 9.17) is 25.8 Å². The molecule has 0 aliphatic carbocycles. The van der Waals surface area contributed by atoms with E-state index in [1.807, 2.05) is 30.3 Å². The van der Waals surface area contributed by atoms with E-state index >= 15 is 0 Å². The summed E-state index contributed by atoms with van der Waals surface area (Å²) in [4.78, 5) is 0. The van der Waals surface area contributed by atoms with Gasteiger partial charge in [0.2, 0.25) is 0 Å². The lowest BCUT2D eigenvalue weighted by Gasteiger charge is -2.40. The average Bonchev–Trinajstić information content (AvgIpc) is 3.28. The highest BCUT2D eigenvalue weighted by atomic mass is 35.5. The van der Waals surface area contributed by atoms with Gasteiger partial charge in [-0.2, -0.15) is 0 Å². The normalized spacial score (nSPS) is 31.0. The maximum atomic E-state index is 10.4. The second-order valence-corrected chi connectivity index (χ2v) is 8.43. The summed E-state index contributed by atoms with van der Waals surface area (Å²) in [5.74, 6) is 0.792. The van der Waals surface area contributed by atoms with E-state index in [1.165, 1.54) is 0 Å². The minimum absolute atomic E-state index is 0.0931. The molecule has 168 valence electrons. The summed E-state index contributed by atoms with van der Waals surface area (Å²) < 4.78 is 16.9. The van der Waals surface area contributed by atoms with Crippen molar-refractivity contribution in [3.8, 4) is 5.75 Å². The summed E-state index contributed by atoms with van der Waals surface area (Å²) in [5, 5.41) is 40.5. The van der Waals surface area contributed by atoms with Gasteiger partial charge < -0.3 is 34.6 Å². The van der Waals surface area contributed by atoms with Crippen molar-refractivity contribution >= 4 is 11.6 Å². The molecule has 2 aliphatic heterocycles. The number of ether oxygens (including phenoxy) is 3. The highest BCUT2D eigenvalue weighted by Gasteiger charge is 2.44. The van der Waals surface area contributed by atoms with Crippen molar-refractivity contribution in [2.24, 2.45) is 0 Å². The van der Waals surface area contributed by atoms with E-state index in [1.54, 1.807) is 12.1 Å². The molecule has 2 heterocycles. The zero-order valence-corrected chi connectivity index (χ0v) is 17.7. The Kier molecular flexibility index (Phi) is 7.13. The minimum atomic E-state index is -1.42. The van der Waals surface area contributed by atoms with Gasteiger partial charge in [-0.3, -0.25) is 0 Å². The van der Waals surface area contributed by atoms with Crippen LogP contribution in [-0.4, -0.2) is 70.8 Å². The predicted octanol–water partition coefficient (Wildman–Crippen LogP) is 1.61. The second-order valence-electron chi connectivity index (χ2n) is 8.02. The molecule has 0 amide bonds. The molecular formula is C23H27ClO7. The standard InChI is InChI=1S/C23H27ClO7/c24-18-6-3-14(23-22(28)21(27)20(26)19(11-25)31-23)10-15(18)9-13-1-4-16(5-2-13)30-17-7-8-29-12-17/h1-6,10,17,19-23,25-28H,7-9,11-12H2/t17-,19-,20+,21-,22+,23+/m0/s1. The molecule has 2 aliphatic rings. The van der Waals surface area contributed by atoms with Crippen LogP contribution >= 0.6 is 11.6 Å². The van der Waals surface area contributed by atoms with Gasteiger partial charge in [-0.05, 0) is 41.3 Å². The molecule has 7 nitrogen and oxygen atoms in total. The minimum Gasteiger partial charge on any atom is -0.488 e. The molecule has 0 aromatic heterocycles. The Balaban J connectivity index is 1.49. The first-order valence-corrected chi connectivity index (χ1v) is 10.8. The van der Waals surface area contributed by atoms with Crippen LogP contribution in [0.4, 0.5) is 0 Å². The first-order chi connectivity index (χ1) is 15.0. The van der Waals surface area contributed by atoms with Crippen LogP contribution in [0, 0.1) is 0 Å². The molecule has 2 fully saturated rings. The average molecular weight is 451 g/mol. The van der Waals surface area contributed by atoms with Crippen LogP contribution in [0.2, 0.25) is 5.02 Å². The monoisotopic (exact) mass is 450 g/mol. The quantitative estimate of drug-likeness (QED) is 0.529. The van der Waals surface area contributed by atoms with Crippen LogP contribution in [0.25, 0.3) is 0 Å². The Bertz CT molecular complexity index is 867. The van der Waals surface area contributed by atoms with E-state index in [0.29, 0.717) is 23.6 Å². The second kappa shape index (κ2) is 9.83. The van der Waals surface area contributed by atoms with Gasteiger partial charge in [0.05, 0.1) is 19.8 Å². The summed E-state index contributed by atoms with van der Waals surface area (Å²) >= 11 is 6.40. The van der Waals surface area contributed by atoms with Crippen LogP contribution in [0.3, 0.4) is 0 Å². The number of hydrogen-bond donors (Lipinski definition) is 4. The number of rotatable bonds is 6. The first-order valence-electron chi connectivity index (χ1n) is 10.4. The molecule has 0 unspecified atom stereocenters. The van der Waals surface area contributed by atoms with E-state index in [9.17, 15) is 20.4 Å². The molecule has 2 saturated heterocycles. The molecule has 31 heavy (non-hydrogen) atoms. The number of halogens is 1. The SMILES string of the molecule is OC[C@@H]1O[C@H](c2ccc(Cl)c(Cc3ccc(O[C@H]4CCOC4)cc3)c2)[C@H](O)[C@@H](O)[C@@H]1O. The van der Waals surface area contributed by atoms with Crippen LogP contribution in [-0.2, 0) is 15.9 Å². The van der Waals surface area contributed by atoms with Crippen molar-refractivity contribution in [1.82, 2.24) is 0 Å². The van der Waals surface area contributed by atoms with Gasteiger partial charge in [0.15, 0.2) is 0 Å². The van der Waals surface area contributed by atoms with Crippen LogP contribution in [0.1, 0.15) is 29.2 Å². The molecule has 0 saturated carbocycles. The van der Waals surface area contributed by atoms with Crippen molar-refractivity contribution in [2.75, 3.05) is 19.8 Å². The van der Waals surface area contributed by atoms with Gasteiger partial charge in [0, 0.05) is 11.4 Å². The fourth-order valence-corrected chi connectivity index (χ4v) is 4.17. The number of aliphatic hydroxyl groups excluding tert-OH is 4. The van der Waals surface area contributed by atoms with E-state index < -0.39 is 37.1 Å². The third kappa shape index (κ3) is 5.04. The molecule has 2 aromatic carbocycles. The molecular weight excluding hydrogens is 424 g/mol. The summed E-state index contributed by atoms with van der Waals surface area (Å²) in [6.07, 6.45) is -4.46. The van der Waals surface area contributed by atoms with Crippen LogP contribution in [0.15, 0.2) is 42.5 Å². The van der Waals surface area contributed by atoms with Gasteiger partial charge in [-0.1, -0.05) is 35.9 Å². The largest absolute Gasteiger partial charge is 0.488 e. The smallest absolute Gasteiger partial charge is 0.124 e. The van der Waals surface area contributed by atoms with Gasteiger partial charge >= 0.3 is 0 Å². The maximum Gasteiger partial charge on any atom is 0.124 e. The first kappa shape index (κ1) is 22.5. The van der Waals surface area contributed by atoms with Gasteiger partial charge in [-0.25, -0.2) is 0 Å². The molecule has 4 N–H and O–H groups in total. The zero-order valence-electron chi connectivity index (χ0n) is 16.9. The Hall–Kier alpha value is -1.71. The fourth-order valence-electron chi connectivity index (χ4n) is 3.99. The molecule has 4 rings (SSSR count). The Morgan fingerprint density at radius 3 is 2.45 bits per heavy atom. The molecule has 8 heteroatoms. The molecule has 2 aromatic rings. The van der Waals surface area contributed by atoms with E-state index in [2.05, 4.69) is 0 Å².